The van der Waals surface area contributed by atoms with Crippen LogP contribution in [0.1, 0.15) is 22.6 Å². The molecule has 0 bridgehead atoms. The van der Waals surface area contributed by atoms with Gasteiger partial charge in [0.15, 0.2) is 0 Å². The monoisotopic (exact) mass is 409 g/mol. The molecule has 2 heterocycles. The van der Waals surface area contributed by atoms with Crippen LogP contribution in [0.25, 0.3) is 0 Å². The molecule has 0 atom stereocenters. The number of carbonyl (C=O) groups excluding carboxylic acids is 1. The van der Waals surface area contributed by atoms with Crippen molar-refractivity contribution in [3.05, 3.63) is 62.9 Å². The largest absolute Gasteiger partial charge is 0.321 e. The zero-order valence-corrected chi connectivity index (χ0v) is 16.6. The minimum absolute atomic E-state index is 0.0480. The highest BCUT2D eigenvalue weighted by Gasteiger charge is 2.16. The number of rotatable bonds is 5. The molecule has 3 aromatic rings. The van der Waals surface area contributed by atoms with Crippen LogP contribution in [0.4, 0.5) is 10.1 Å². The third kappa shape index (κ3) is 4.14. The van der Waals surface area contributed by atoms with Crippen LogP contribution in [-0.4, -0.2) is 25.5 Å². The normalized spacial score (nSPS) is 11.0. The molecule has 1 aromatic carbocycles. The highest BCUT2D eigenvalue weighted by molar-refractivity contribution is 6.31. The summed E-state index contributed by atoms with van der Waals surface area (Å²) in [6.07, 6.45) is 1.51. The van der Waals surface area contributed by atoms with Gasteiger partial charge in [0.05, 0.1) is 40.5 Å². The van der Waals surface area contributed by atoms with Crippen LogP contribution in [0.15, 0.2) is 24.4 Å². The molecule has 0 unspecified atom stereocenters. The number of hydrogen-bond donors (Lipinski definition) is 1. The smallest absolute Gasteiger partial charge is 0.246 e. The number of anilines is 1. The molecule has 0 radical (unpaired) electrons. The number of nitrogens with one attached hydrogen (secondary N) is 1. The van der Waals surface area contributed by atoms with Gasteiger partial charge in [0.2, 0.25) is 5.91 Å². The number of benzene rings is 1. The summed E-state index contributed by atoms with van der Waals surface area (Å²) in [6, 6.07) is 4.24. The lowest BCUT2D eigenvalue weighted by Gasteiger charge is -2.09. The Bertz CT molecular complexity index is 1010. The fraction of sp³-hybridized carbons (Fsp3) is 0.278. The summed E-state index contributed by atoms with van der Waals surface area (Å²) in [5.41, 5.74) is 3.55. The van der Waals surface area contributed by atoms with Crippen molar-refractivity contribution in [2.75, 3.05) is 5.32 Å². The van der Waals surface area contributed by atoms with Crippen molar-refractivity contribution >= 4 is 34.8 Å². The van der Waals surface area contributed by atoms with Crippen LogP contribution in [0.5, 0.6) is 0 Å². The Kier molecular flexibility index (Phi) is 5.53. The molecule has 1 amide bonds. The van der Waals surface area contributed by atoms with Crippen molar-refractivity contribution in [1.29, 1.82) is 0 Å². The maximum atomic E-state index is 13.2. The predicted molar refractivity (Wildman–Crippen MR) is 103 cm³/mol. The second-order valence-corrected chi connectivity index (χ2v) is 7.04. The molecule has 0 aliphatic rings. The van der Waals surface area contributed by atoms with Crippen LogP contribution >= 0.6 is 23.2 Å². The maximum absolute atomic E-state index is 13.2. The third-order valence-electron chi connectivity index (χ3n) is 4.32. The Morgan fingerprint density at radius 1 is 1.15 bits per heavy atom. The summed E-state index contributed by atoms with van der Waals surface area (Å²) in [5, 5.41) is 12.3. The van der Waals surface area contributed by atoms with E-state index in [2.05, 4.69) is 15.5 Å². The van der Waals surface area contributed by atoms with Crippen LogP contribution < -0.4 is 5.32 Å². The van der Waals surface area contributed by atoms with Crippen LogP contribution in [0, 0.1) is 26.6 Å². The standard InChI is InChI=1S/C18H18Cl2FN5O/c1-10-18(23-17(27)9-25-11(2)16(20)7-22-25)12(3)26(24-10)8-13-4-5-14(21)6-15(13)19/h4-7H,8-9H2,1-3H3,(H,23,27). The van der Waals surface area contributed by atoms with E-state index in [1.807, 2.05) is 6.92 Å². The van der Waals surface area contributed by atoms with Gasteiger partial charge in [-0.05, 0) is 38.5 Å². The molecule has 27 heavy (non-hydrogen) atoms. The number of aryl methyl sites for hydroxylation is 1. The molecule has 0 saturated carbocycles. The van der Waals surface area contributed by atoms with Gasteiger partial charge >= 0.3 is 0 Å². The van der Waals surface area contributed by atoms with Crippen LogP contribution in [-0.2, 0) is 17.9 Å². The average Bonchev–Trinajstić information content (AvgIpc) is 3.05. The fourth-order valence-electron chi connectivity index (χ4n) is 2.74. The predicted octanol–water partition coefficient (Wildman–Crippen LogP) is 4.14. The topological polar surface area (TPSA) is 64.7 Å². The van der Waals surface area contributed by atoms with E-state index in [0.29, 0.717) is 28.0 Å². The maximum Gasteiger partial charge on any atom is 0.246 e. The number of hydrogen-bond acceptors (Lipinski definition) is 3. The molecule has 2 aromatic heterocycles. The molecule has 0 aliphatic heterocycles. The van der Waals surface area contributed by atoms with E-state index < -0.39 is 0 Å². The van der Waals surface area contributed by atoms with Gasteiger partial charge in [-0.3, -0.25) is 14.2 Å². The molecular formula is C18H18Cl2FN5O. The quantitative estimate of drug-likeness (QED) is 0.688. The molecule has 1 N–H and O–H groups in total. The zero-order valence-electron chi connectivity index (χ0n) is 15.1. The first-order chi connectivity index (χ1) is 12.8. The number of aromatic nitrogens is 4. The zero-order chi connectivity index (χ0) is 19.7. The molecular weight excluding hydrogens is 392 g/mol. The Labute approximate surface area is 165 Å². The van der Waals surface area contributed by atoms with E-state index in [9.17, 15) is 9.18 Å². The van der Waals surface area contributed by atoms with E-state index in [0.717, 1.165) is 17.0 Å². The summed E-state index contributed by atoms with van der Waals surface area (Å²) in [4.78, 5) is 12.4. The van der Waals surface area contributed by atoms with Gasteiger partial charge in [-0.25, -0.2) is 4.39 Å². The Balaban J connectivity index is 1.77. The van der Waals surface area contributed by atoms with E-state index in [1.165, 1.54) is 23.0 Å². The molecule has 142 valence electrons. The Morgan fingerprint density at radius 3 is 2.52 bits per heavy atom. The molecule has 0 saturated heterocycles. The summed E-state index contributed by atoms with van der Waals surface area (Å²) < 4.78 is 16.5. The fourth-order valence-corrected chi connectivity index (χ4v) is 3.11. The van der Waals surface area contributed by atoms with Gasteiger partial charge in [0.25, 0.3) is 0 Å². The highest BCUT2D eigenvalue weighted by Crippen LogP contribution is 2.23. The van der Waals surface area contributed by atoms with Crippen LogP contribution in [0.3, 0.4) is 0 Å². The van der Waals surface area contributed by atoms with Gasteiger partial charge in [0, 0.05) is 5.02 Å². The average molecular weight is 410 g/mol. The summed E-state index contributed by atoms with van der Waals surface area (Å²) in [5.74, 6) is -0.623. The number of carbonyl (C=O) groups is 1. The van der Waals surface area contributed by atoms with E-state index in [4.69, 9.17) is 23.2 Å². The lowest BCUT2D eigenvalue weighted by atomic mass is 10.2. The number of halogens is 3. The second kappa shape index (κ2) is 7.70. The third-order valence-corrected chi connectivity index (χ3v) is 5.04. The molecule has 3 rings (SSSR count). The first-order valence-corrected chi connectivity index (χ1v) is 8.97. The summed E-state index contributed by atoms with van der Waals surface area (Å²) in [6.45, 7) is 5.87. The molecule has 0 aliphatic carbocycles. The van der Waals surface area contributed by atoms with Gasteiger partial charge in [-0.1, -0.05) is 29.3 Å². The van der Waals surface area contributed by atoms with E-state index >= 15 is 0 Å². The minimum Gasteiger partial charge on any atom is -0.321 e. The van der Waals surface area contributed by atoms with Crippen molar-refractivity contribution in [3.63, 3.8) is 0 Å². The van der Waals surface area contributed by atoms with Crippen molar-refractivity contribution in [2.45, 2.75) is 33.9 Å². The first kappa shape index (κ1) is 19.4. The number of amides is 1. The first-order valence-electron chi connectivity index (χ1n) is 8.22. The van der Waals surface area contributed by atoms with E-state index in [1.54, 1.807) is 24.6 Å². The Hall–Kier alpha value is -2.38. The second-order valence-electron chi connectivity index (χ2n) is 6.22. The van der Waals surface area contributed by atoms with Crippen molar-refractivity contribution in [3.8, 4) is 0 Å². The lowest BCUT2D eigenvalue weighted by Crippen LogP contribution is -2.21. The van der Waals surface area contributed by atoms with Gasteiger partial charge in [0.1, 0.15) is 12.4 Å². The van der Waals surface area contributed by atoms with Crippen LogP contribution in [0.2, 0.25) is 10.0 Å². The highest BCUT2D eigenvalue weighted by atomic mass is 35.5. The Morgan fingerprint density at radius 2 is 1.89 bits per heavy atom. The molecule has 6 nitrogen and oxygen atoms in total. The SMILES string of the molecule is Cc1nn(Cc2ccc(F)cc2Cl)c(C)c1NC(=O)Cn1ncc(Cl)c1C. The summed E-state index contributed by atoms with van der Waals surface area (Å²) in [7, 11) is 0. The molecule has 0 fully saturated rings. The molecule has 0 spiro atoms. The lowest BCUT2D eigenvalue weighted by molar-refractivity contribution is -0.116. The number of nitrogens with zero attached hydrogens (tertiary/aromatic N) is 4. The minimum atomic E-state index is -0.390. The van der Waals surface area contributed by atoms with E-state index in [-0.39, 0.29) is 18.3 Å². The van der Waals surface area contributed by atoms with Crippen molar-refractivity contribution in [2.24, 2.45) is 0 Å². The van der Waals surface area contributed by atoms with Gasteiger partial charge in [-0.15, -0.1) is 0 Å². The van der Waals surface area contributed by atoms with Crippen molar-refractivity contribution in [1.82, 2.24) is 19.6 Å². The van der Waals surface area contributed by atoms with Gasteiger partial charge in [-0.2, -0.15) is 10.2 Å². The van der Waals surface area contributed by atoms with Crippen molar-refractivity contribution < 1.29 is 9.18 Å². The molecule has 9 heteroatoms. The van der Waals surface area contributed by atoms with Gasteiger partial charge < -0.3 is 5.32 Å². The summed E-state index contributed by atoms with van der Waals surface area (Å²) >= 11 is 12.1.